The molecule has 0 bridgehead atoms. The van der Waals surface area contributed by atoms with E-state index in [4.69, 9.17) is 0 Å². The smallest absolute Gasteiger partial charge is 0.317 e. The van der Waals surface area contributed by atoms with Crippen LogP contribution in [0.4, 0.5) is 4.79 Å². The summed E-state index contributed by atoms with van der Waals surface area (Å²) in [5, 5.41) is 6.08. The number of carbonyl (C=O) groups excluding carboxylic acids is 2. The Kier molecular flexibility index (Phi) is 6.63. The van der Waals surface area contributed by atoms with Crippen LogP contribution in [0.15, 0.2) is 54.7 Å². The van der Waals surface area contributed by atoms with Crippen molar-refractivity contribution in [2.24, 2.45) is 5.92 Å². The van der Waals surface area contributed by atoms with E-state index in [1.54, 1.807) is 11.1 Å². The number of piperidine rings is 1. The summed E-state index contributed by atoms with van der Waals surface area (Å²) in [6, 6.07) is 15.4. The Hall–Kier alpha value is -2.89. The Bertz CT molecular complexity index is 732. The van der Waals surface area contributed by atoms with E-state index in [1.807, 2.05) is 62.4 Å². The van der Waals surface area contributed by atoms with Crippen LogP contribution in [-0.4, -0.2) is 41.0 Å². The minimum atomic E-state index is -0.280. The molecule has 1 aliphatic rings. The van der Waals surface area contributed by atoms with Gasteiger partial charge in [-0.05, 0) is 44.4 Å². The first-order valence-electron chi connectivity index (χ1n) is 9.86. The fraction of sp³-hybridized carbons (Fsp3) is 0.409. The molecule has 1 fully saturated rings. The molecular formula is C22H28N4O2. The van der Waals surface area contributed by atoms with Crippen LogP contribution in [0.25, 0.3) is 0 Å². The largest absolute Gasteiger partial charge is 0.343 e. The molecule has 1 aliphatic heterocycles. The topological polar surface area (TPSA) is 74.3 Å². The summed E-state index contributed by atoms with van der Waals surface area (Å²) >= 11 is 0. The third kappa shape index (κ3) is 5.09. The van der Waals surface area contributed by atoms with Crippen LogP contribution in [0.2, 0.25) is 0 Å². The van der Waals surface area contributed by atoms with Crippen molar-refractivity contribution in [2.45, 2.75) is 38.8 Å². The molecule has 1 aromatic carbocycles. The van der Waals surface area contributed by atoms with E-state index in [0.717, 1.165) is 11.3 Å². The first-order chi connectivity index (χ1) is 13.5. The van der Waals surface area contributed by atoms with Gasteiger partial charge in [0.15, 0.2) is 0 Å². The first-order valence-corrected chi connectivity index (χ1v) is 9.86. The molecule has 148 valence electrons. The highest BCUT2D eigenvalue weighted by Gasteiger charge is 2.29. The highest BCUT2D eigenvalue weighted by Crippen LogP contribution is 2.23. The fourth-order valence-electron chi connectivity index (χ4n) is 3.46. The molecule has 1 atom stereocenters. The van der Waals surface area contributed by atoms with Crippen molar-refractivity contribution in [3.05, 3.63) is 66.0 Å². The normalized spacial score (nSPS) is 15.9. The number of aromatic nitrogens is 1. The van der Waals surface area contributed by atoms with Crippen LogP contribution in [0.1, 0.15) is 44.0 Å². The van der Waals surface area contributed by atoms with E-state index in [-0.39, 0.29) is 29.9 Å². The van der Waals surface area contributed by atoms with Crippen molar-refractivity contribution in [2.75, 3.05) is 13.1 Å². The molecule has 2 aromatic rings. The number of nitrogens with zero attached hydrogens (tertiary/aromatic N) is 2. The molecule has 0 aliphatic carbocycles. The summed E-state index contributed by atoms with van der Waals surface area (Å²) in [6.07, 6.45) is 3.07. The van der Waals surface area contributed by atoms with Gasteiger partial charge in [0, 0.05) is 31.2 Å². The Morgan fingerprint density at radius 1 is 1.00 bits per heavy atom. The van der Waals surface area contributed by atoms with Gasteiger partial charge in [-0.2, -0.15) is 0 Å². The highest BCUT2D eigenvalue weighted by molar-refractivity contribution is 5.80. The Morgan fingerprint density at radius 2 is 1.68 bits per heavy atom. The molecule has 1 aromatic heterocycles. The van der Waals surface area contributed by atoms with Crippen LogP contribution < -0.4 is 10.6 Å². The van der Waals surface area contributed by atoms with Crippen molar-refractivity contribution in [1.82, 2.24) is 20.5 Å². The van der Waals surface area contributed by atoms with Crippen molar-refractivity contribution < 1.29 is 9.59 Å². The lowest BCUT2D eigenvalue weighted by atomic mass is 9.94. The number of amides is 3. The van der Waals surface area contributed by atoms with E-state index in [2.05, 4.69) is 15.6 Å². The van der Waals surface area contributed by atoms with Gasteiger partial charge in [0.25, 0.3) is 0 Å². The van der Waals surface area contributed by atoms with Gasteiger partial charge in [-0.3, -0.25) is 9.78 Å². The molecular weight excluding hydrogens is 352 g/mol. The standard InChI is InChI=1S/C22H28N4O2/c1-16(2)24-22(28)26-14-11-18(12-15-26)21(27)25-20(17-8-4-3-5-9-17)19-10-6-7-13-23-19/h3-10,13,16,18,20H,11-12,14-15H2,1-2H3,(H,24,28)(H,25,27)/t20-/m1/s1. The molecule has 0 saturated carbocycles. The second-order valence-electron chi connectivity index (χ2n) is 7.47. The van der Waals surface area contributed by atoms with E-state index in [1.165, 1.54) is 0 Å². The molecule has 3 rings (SSSR count). The van der Waals surface area contributed by atoms with Crippen LogP contribution in [0.3, 0.4) is 0 Å². The molecule has 0 unspecified atom stereocenters. The number of carbonyl (C=O) groups is 2. The molecule has 28 heavy (non-hydrogen) atoms. The average Bonchev–Trinajstić information content (AvgIpc) is 2.72. The molecule has 0 radical (unpaired) electrons. The summed E-state index contributed by atoms with van der Waals surface area (Å²) < 4.78 is 0. The predicted molar refractivity (Wildman–Crippen MR) is 109 cm³/mol. The molecule has 6 heteroatoms. The zero-order valence-corrected chi connectivity index (χ0v) is 16.5. The summed E-state index contributed by atoms with van der Waals surface area (Å²) in [6.45, 7) is 5.07. The first kappa shape index (κ1) is 19.9. The summed E-state index contributed by atoms with van der Waals surface area (Å²) in [7, 11) is 0. The van der Waals surface area contributed by atoms with Gasteiger partial charge in [0.2, 0.25) is 5.91 Å². The lowest BCUT2D eigenvalue weighted by Gasteiger charge is -2.32. The van der Waals surface area contributed by atoms with Gasteiger partial charge in [-0.1, -0.05) is 36.4 Å². The molecule has 3 amide bonds. The van der Waals surface area contributed by atoms with Gasteiger partial charge in [0.05, 0.1) is 11.7 Å². The van der Waals surface area contributed by atoms with Gasteiger partial charge in [-0.25, -0.2) is 4.79 Å². The third-order valence-corrected chi connectivity index (χ3v) is 4.97. The predicted octanol–water partition coefficient (Wildman–Crippen LogP) is 3.12. The van der Waals surface area contributed by atoms with Crippen molar-refractivity contribution in [3.63, 3.8) is 0 Å². The Labute approximate surface area is 166 Å². The number of likely N-dealkylation sites (tertiary alicyclic amines) is 1. The summed E-state index contributed by atoms with van der Waals surface area (Å²) in [4.78, 5) is 31.3. The highest BCUT2D eigenvalue weighted by atomic mass is 16.2. The number of pyridine rings is 1. The lowest BCUT2D eigenvalue weighted by molar-refractivity contribution is -0.126. The fourth-order valence-corrected chi connectivity index (χ4v) is 3.46. The monoisotopic (exact) mass is 380 g/mol. The molecule has 2 heterocycles. The minimum Gasteiger partial charge on any atom is -0.343 e. The van der Waals surface area contributed by atoms with Gasteiger partial charge < -0.3 is 15.5 Å². The van der Waals surface area contributed by atoms with Gasteiger partial charge in [-0.15, -0.1) is 0 Å². The maximum absolute atomic E-state index is 13.0. The molecule has 1 saturated heterocycles. The van der Waals surface area contributed by atoms with E-state index >= 15 is 0 Å². The number of nitrogens with one attached hydrogen (secondary N) is 2. The van der Waals surface area contributed by atoms with Crippen LogP contribution in [0, 0.1) is 5.92 Å². The number of urea groups is 1. The quantitative estimate of drug-likeness (QED) is 0.837. The molecule has 0 spiro atoms. The van der Waals surface area contributed by atoms with E-state index in [9.17, 15) is 9.59 Å². The van der Waals surface area contributed by atoms with Crippen LogP contribution >= 0.6 is 0 Å². The number of rotatable bonds is 5. The molecule has 2 N–H and O–H groups in total. The lowest BCUT2D eigenvalue weighted by Crippen LogP contribution is -2.48. The van der Waals surface area contributed by atoms with E-state index < -0.39 is 0 Å². The van der Waals surface area contributed by atoms with E-state index in [0.29, 0.717) is 25.9 Å². The van der Waals surface area contributed by atoms with Crippen molar-refractivity contribution in [1.29, 1.82) is 0 Å². The molecule has 6 nitrogen and oxygen atoms in total. The van der Waals surface area contributed by atoms with Crippen LogP contribution in [0.5, 0.6) is 0 Å². The van der Waals surface area contributed by atoms with Crippen molar-refractivity contribution in [3.8, 4) is 0 Å². The number of hydrogen-bond acceptors (Lipinski definition) is 3. The summed E-state index contributed by atoms with van der Waals surface area (Å²) in [5.41, 5.74) is 1.82. The third-order valence-electron chi connectivity index (χ3n) is 4.97. The van der Waals surface area contributed by atoms with Crippen LogP contribution in [-0.2, 0) is 4.79 Å². The Morgan fingerprint density at radius 3 is 2.29 bits per heavy atom. The maximum atomic E-state index is 13.0. The second kappa shape index (κ2) is 9.35. The number of benzene rings is 1. The SMILES string of the molecule is CC(C)NC(=O)N1CCC(C(=O)N[C@H](c2ccccc2)c2ccccn2)CC1. The average molecular weight is 380 g/mol. The summed E-state index contributed by atoms with van der Waals surface area (Å²) in [5.74, 6) is -0.0820. The zero-order valence-electron chi connectivity index (χ0n) is 16.5. The Balaban J connectivity index is 1.64. The zero-order chi connectivity index (χ0) is 19.9. The minimum absolute atomic E-state index is 0.0171. The second-order valence-corrected chi connectivity index (χ2v) is 7.47. The van der Waals surface area contributed by atoms with Gasteiger partial charge in [0.1, 0.15) is 0 Å². The number of hydrogen-bond donors (Lipinski definition) is 2. The maximum Gasteiger partial charge on any atom is 0.317 e. The van der Waals surface area contributed by atoms with Crippen molar-refractivity contribution >= 4 is 11.9 Å². The van der Waals surface area contributed by atoms with Gasteiger partial charge >= 0.3 is 6.03 Å².